The van der Waals surface area contributed by atoms with Crippen LogP contribution in [0.1, 0.15) is 50.7 Å². The van der Waals surface area contributed by atoms with Crippen molar-refractivity contribution < 1.29 is 10.2 Å². The zero-order valence-corrected chi connectivity index (χ0v) is 12.0. The summed E-state index contributed by atoms with van der Waals surface area (Å²) >= 11 is 0. The molecule has 1 unspecified atom stereocenters. The van der Waals surface area contributed by atoms with Crippen molar-refractivity contribution in [2.45, 2.75) is 45.1 Å². The van der Waals surface area contributed by atoms with Gasteiger partial charge in [0.25, 0.3) is 0 Å². The van der Waals surface area contributed by atoms with E-state index in [9.17, 15) is 10.2 Å². The molecule has 1 aromatic carbocycles. The lowest BCUT2D eigenvalue weighted by Crippen LogP contribution is -2.26. The molecule has 0 radical (unpaired) electrons. The topological polar surface area (TPSA) is 43.7 Å². The molecule has 0 heterocycles. The van der Waals surface area contributed by atoms with E-state index in [1.54, 1.807) is 13.0 Å². The Morgan fingerprint density at radius 1 is 1.26 bits per heavy atom. The monoisotopic (exact) mass is 263 g/mol. The highest BCUT2D eigenvalue weighted by Crippen LogP contribution is 2.30. The van der Waals surface area contributed by atoms with Crippen molar-refractivity contribution in [2.24, 2.45) is 5.92 Å². The van der Waals surface area contributed by atoms with Crippen LogP contribution in [0.2, 0.25) is 0 Å². The molecule has 0 amide bonds. The van der Waals surface area contributed by atoms with Gasteiger partial charge in [-0.15, -0.1) is 0 Å². The van der Waals surface area contributed by atoms with Gasteiger partial charge < -0.3 is 15.1 Å². The molecule has 2 rings (SSSR count). The fourth-order valence-corrected chi connectivity index (χ4v) is 2.99. The molecule has 0 aromatic heterocycles. The van der Waals surface area contributed by atoms with Crippen LogP contribution in [-0.4, -0.2) is 23.8 Å². The summed E-state index contributed by atoms with van der Waals surface area (Å²) in [6.45, 7) is 2.72. The van der Waals surface area contributed by atoms with Crippen LogP contribution >= 0.6 is 0 Å². The lowest BCUT2D eigenvalue weighted by molar-refractivity contribution is 0.195. The van der Waals surface area contributed by atoms with Gasteiger partial charge in [0.05, 0.1) is 6.10 Å². The molecular weight excluding hydrogens is 238 g/mol. The van der Waals surface area contributed by atoms with Crippen LogP contribution in [-0.2, 0) is 0 Å². The molecule has 19 heavy (non-hydrogen) atoms. The lowest BCUT2D eigenvalue weighted by atomic mass is 9.89. The largest absolute Gasteiger partial charge is 0.507 e. The Hall–Kier alpha value is -1.22. The van der Waals surface area contributed by atoms with Gasteiger partial charge in [0, 0.05) is 30.9 Å². The molecule has 0 spiro atoms. The van der Waals surface area contributed by atoms with Crippen molar-refractivity contribution in [1.82, 2.24) is 0 Å². The van der Waals surface area contributed by atoms with Crippen LogP contribution in [0.15, 0.2) is 18.2 Å². The second-order valence-corrected chi connectivity index (χ2v) is 5.80. The van der Waals surface area contributed by atoms with Gasteiger partial charge in [-0.3, -0.25) is 0 Å². The predicted molar refractivity (Wildman–Crippen MR) is 78.6 cm³/mol. The Morgan fingerprint density at radius 2 is 1.95 bits per heavy atom. The number of nitrogens with zero attached hydrogens (tertiary/aromatic N) is 1. The molecule has 1 aliphatic rings. The maximum absolute atomic E-state index is 9.93. The number of hydrogen-bond donors (Lipinski definition) is 2. The van der Waals surface area contributed by atoms with Crippen molar-refractivity contribution >= 4 is 5.69 Å². The zero-order valence-electron chi connectivity index (χ0n) is 12.0. The Kier molecular flexibility index (Phi) is 4.70. The van der Waals surface area contributed by atoms with Gasteiger partial charge in [-0.05, 0) is 31.7 Å². The second-order valence-electron chi connectivity index (χ2n) is 5.80. The molecule has 1 aliphatic carbocycles. The number of phenolic OH excluding ortho intramolecular Hbond substituents is 1. The minimum atomic E-state index is -0.627. The van der Waals surface area contributed by atoms with Gasteiger partial charge in [-0.1, -0.05) is 25.3 Å². The minimum absolute atomic E-state index is 0.183. The first kappa shape index (κ1) is 14.2. The summed E-state index contributed by atoms with van der Waals surface area (Å²) in [7, 11) is 2.07. The van der Waals surface area contributed by atoms with Crippen LogP contribution in [0, 0.1) is 5.92 Å². The van der Waals surface area contributed by atoms with E-state index in [1.807, 2.05) is 12.1 Å². The maximum Gasteiger partial charge on any atom is 0.123 e. The Morgan fingerprint density at radius 3 is 2.53 bits per heavy atom. The lowest BCUT2D eigenvalue weighted by Gasteiger charge is -2.28. The molecular formula is C16H25NO2. The second kappa shape index (κ2) is 6.29. The molecule has 1 fully saturated rings. The van der Waals surface area contributed by atoms with E-state index in [-0.39, 0.29) is 5.75 Å². The number of rotatable bonds is 4. The summed E-state index contributed by atoms with van der Waals surface area (Å²) in [5.41, 5.74) is 1.61. The summed E-state index contributed by atoms with van der Waals surface area (Å²) in [4.78, 5) is 2.21. The first-order chi connectivity index (χ1) is 9.08. The highest BCUT2D eigenvalue weighted by Gasteiger charge is 2.16. The number of hydrogen-bond acceptors (Lipinski definition) is 3. The molecule has 3 nitrogen and oxygen atoms in total. The Balaban J connectivity index is 2.02. The van der Waals surface area contributed by atoms with Crippen LogP contribution < -0.4 is 4.90 Å². The fourth-order valence-electron chi connectivity index (χ4n) is 2.99. The number of aliphatic hydroxyl groups is 1. The minimum Gasteiger partial charge on any atom is -0.507 e. The molecule has 106 valence electrons. The summed E-state index contributed by atoms with van der Waals surface area (Å²) in [6.07, 6.45) is 6.10. The Labute approximate surface area is 115 Å². The first-order valence-electron chi connectivity index (χ1n) is 7.30. The third-order valence-corrected chi connectivity index (χ3v) is 4.16. The van der Waals surface area contributed by atoms with Crippen LogP contribution in [0.25, 0.3) is 0 Å². The van der Waals surface area contributed by atoms with Crippen molar-refractivity contribution in [3.8, 4) is 5.75 Å². The van der Waals surface area contributed by atoms with E-state index in [4.69, 9.17) is 0 Å². The van der Waals surface area contributed by atoms with Gasteiger partial charge in [-0.2, -0.15) is 0 Å². The van der Waals surface area contributed by atoms with Gasteiger partial charge in [0.15, 0.2) is 0 Å². The van der Waals surface area contributed by atoms with Crippen molar-refractivity contribution in [2.75, 3.05) is 18.5 Å². The van der Waals surface area contributed by atoms with Crippen LogP contribution in [0.4, 0.5) is 5.69 Å². The Bertz CT molecular complexity index is 411. The van der Waals surface area contributed by atoms with Crippen LogP contribution in [0.3, 0.4) is 0 Å². The zero-order chi connectivity index (χ0) is 13.8. The number of aliphatic hydroxyl groups excluding tert-OH is 1. The summed E-state index contributed by atoms with van der Waals surface area (Å²) in [6, 6.07) is 5.54. The van der Waals surface area contributed by atoms with E-state index >= 15 is 0 Å². The smallest absolute Gasteiger partial charge is 0.123 e. The molecule has 0 saturated heterocycles. The first-order valence-corrected chi connectivity index (χ1v) is 7.30. The number of aromatic hydroxyl groups is 1. The molecule has 0 bridgehead atoms. The van der Waals surface area contributed by atoms with Gasteiger partial charge in [0.1, 0.15) is 5.75 Å². The molecule has 1 saturated carbocycles. The molecule has 3 heteroatoms. The van der Waals surface area contributed by atoms with Gasteiger partial charge in [-0.25, -0.2) is 0 Å². The summed E-state index contributed by atoms with van der Waals surface area (Å²) < 4.78 is 0. The highest BCUT2D eigenvalue weighted by molar-refractivity contribution is 5.53. The third-order valence-electron chi connectivity index (χ3n) is 4.16. The van der Waals surface area contributed by atoms with Gasteiger partial charge in [0.2, 0.25) is 0 Å². The number of anilines is 1. The van der Waals surface area contributed by atoms with Crippen molar-refractivity contribution in [3.05, 3.63) is 23.8 Å². The average Bonchev–Trinajstić information content (AvgIpc) is 2.39. The normalized spacial score (nSPS) is 18.3. The van der Waals surface area contributed by atoms with Crippen molar-refractivity contribution in [3.63, 3.8) is 0 Å². The maximum atomic E-state index is 9.93. The number of phenols is 1. The summed E-state index contributed by atoms with van der Waals surface area (Å²) in [5, 5.41) is 19.5. The SMILES string of the molecule is CC(O)c1ccc(N(C)CC2CCCCC2)cc1O. The third kappa shape index (κ3) is 3.63. The average molecular weight is 263 g/mol. The molecule has 1 aromatic rings. The van der Waals surface area contributed by atoms with E-state index in [0.29, 0.717) is 5.56 Å². The number of benzene rings is 1. The van der Waals surface area contributed by atoms with Crippen LogP contribution in [0.5, 0.6) is 5.75 Å². The highest BCUT2D eigenvalue weighted by atomic mass is 16.3. The molecule has 0 aliphatic heterocycles. The van der Waals surface area contributed by atoms with Crippen molar-refractivity contribution in [1.29, 1.82) is 0 Å². The van der Waals surface area contributed by atoms with E-state index < -0.39 is 6.10 Å². The summed E-state index contributed by atoms with van der Waals surface area (Å²) in [5.74, 6) is 0.959. The predicted octanol–water partition coefficient (Wildman–Crippen LogP) is 3.46. The van der Waals surface area contributed by atoms with E-state index in [2.05, 4.69) is 11.9 Å². The fraction of sp³-hybridized carbons (Fsp3) is 0.625. The quantitative estimate of drug-likeness (QED) is 0.874. The standard InChI is InChI=1S/C16H25NO2/c1-12(18)15-9-8-14(10-16(15)19)17(2)11-13-6-4-3-5-7-13/h8-10,12-13,18-19H,3-7,11H2,1-2H3. The van der Waals surface area contributed by atoms with E-state index in [1.165, 1.54) is 32.1 Å². The van der Waals surface area contributed by atoms with Gasteiger partial charge >= 0.3 is 0 Å². The molecule has 1 atom stereocenters. The van der Waals surface area contributed by atoms with E-state index in [0.717, 1.165) is 18.2 Å². The molecule has 2 N–H and O–H groups in total.